The third-order valence-corrected chi connectivity index (χ3v) is 5.69. The predicted molar refractivity (Wildman–Crippen MR) is 109 cm³/mol. The van der Waals surface area contributed by atoms with Crippen LogP contribution in [0.3, 0.4) is 0 Å². The molecule has 0 radical (unpaired) electrons. The quantitative estimate of drug-likeness (QED) is 0.605. The summed E-state index contributed by atoms with van der Waals surface area (Å²) in [5.41, 5.74) is 2.29. The van der Waals surface area contributed by atoms with Gasteiger partial charge in [-0.3, -0.25) is 9.36 Å². The number of carbonyl (C=O) groups is 1. The van der Waals surface area contributed by atoms with Crippen LogP contribution >= 0.6 is 11.8 Å². The van der Waals surface area contributed by atoms with Crippen molar-refractivity contribution in [2.75, 3.05) is 5.32 Å². The highest BCUT2D eigenvalue weighted by Gasteiger charge is 2.32. The summed E-state index contributed by atoms with van der Waals surface area (Å²) in [6, 6.07) is 14.5. The molecule has 7 heteroatoms. The van der Waals surface area contributed by atoms with E-state index >= 15 is 0 Å². The zero-order valence-corrected chi connectivity index (χ0v) is 16.5. The Balaban J connectivity index is 1.55. The maximum absolute atomic E-state index is 14.3. The summed E-state index contributed by atoms with van der Waals surface area (Å²) < 4.78 is 16.2. The van der Waals surface area contributed by atoms with Crippen molar-refractivity contribution >= 4 is 23.4 Å². The van der Waals surface area contributed by atoms with E-state index in [9.17, 15) is 9.18 Å². The van der Waals surface area contributed by atoms with E-state index in [4.69, 9.17) is 0 Å². The first-order valence-electron chi connectivity index (χ1n) is 9.27. The molecular weight excluding hydrogens is 375 g/mol. The zero-order chi connectivity index (χ0) is 19.7. The average molecular weight is 396 g/mol. The van der Waals surface area contributed by atoms with Crippen LogP contribution in [0.25, 0.3) is 11.4 Å². The Hall–Kier alpha value is -2.67. The Morgan fingerprint density at radius 1 is 1.21 bits per heavy atom. The number of anilines is 1. The van der Waals surface area contributed by atoms with E-state index in [1.54, 1.807) is 18.2 Å². The van der Waals surface area contributed by atoms with Crippen LogP contribution in [-0.4, -0.2) is 25.9 Å². The maximum atomic E-state index is 14.3. The minimum absolute atomic E-state index is 0.103. The molecule has 1 aliphatic carbocycles. The van der Waals surface area contributed by atoms with Crippen LogP contribution in [-0.2, 0) is 4.79 Å². The Morgan fingerprint density at radius 2 is 2.00 bits per heavy atom. The minimum Gasteiger partial charge on any atom is -0.325 e. The van der Waals surface area contributed by atoms with Gasteiger partial charge in [0, 0.05) is 11.7 Å². The fraction of sp³-hybridized carbons (Fsp3) is 0.286. The number of aryl methyl sites for hydroxylation is 1. The van der Waals surface area contributed by atoms with E-state index in [0.717, 1.165) is 24.1 Å². The van der Waals surface area contributed by atoms with Crippen molar-refractivity contribution in [2.24, 2.45) is 0 Å². The number of aromatic nitrogens is 3. The molecule has 1 saturated carbocycles. The normalized spacial score (nSPS) is 14.7. The molecule has 1 fully saturated rings. The number of nitrogens with one attached hydrogen (secondary N) is 1. The number of thioether (sulfide) groups is 1. The molecule has 0 saturated heterocycles. The first-order chi connectivity index (χ1) is 13.5. The minimum atomic E-state index is -0.365. The summed E-state index contributed by atoms with van der Waals surface area (Å²) in [5, 5.41) is 11.7. The lowest BCUT2D eigenvalue weighted by atomic mass is 10.2. The van der Waals surface area contributed by atoms with Crippen molar-refractivity contribution in [3.63, 3.8) is 0 Å². The number of halogens is 1. The number of hydrogen-bond acceptors (Lipinski definition) is 4. The van der Waals surface area contributed by atoms with Crippen molar-refractivity contribution in [2.45, 2.75) is 43.1 Å². The molecule has 1 atom stereocenters. The lowest BCUT2D eigenvalue weighted by molar-refractivity contribution is -0.115. The third kappa shape index (κ3) is 3.94. The Morgan fingerprint density at radius 3 is 2.71 bits per heavy atom. The molecule has 4 rings (SSSR count). The molecule has 1 N–H and O–H groups in total. The van der Waals surface area contributed by atoms with E-state index in [1.807, 2.05) is 42.7 Å². The smallest absolute Gasteiger partial charge is 0.237 e. The van der Waals surface area contributed by atoms with Crippen molar-refractivity contribution in [1.29, 1.82) is 0 Å². The van der Waals surface area contributed by atoms with Crippen LogP contribution in [0.4, 0.5) is 10.1 Å². The molecule has 0 unspecified atom stereocenters. The summed E-state index contributed by atoms with van der Waals surface area (Å²) in [4.78, 5) is 12.6. The van der Waals surface area contributed by atoms with Gasteiger partial charge in [-0.25, -0.2) is 4.39 Å². The molecule has 5 nitrogen and oxygen atoms in total. The van der Waals surface area contributed by atoms with Gasteiger partial charge in [-0.15, -0.1) is 10.2 Å². The van der Waals surface area contributed by atoms with Crippen molar-refractivity contribution < 1.29 is 9.18 Å². The van der Waals surface area contributed by atoms with Gasteiger partial charge in [0.1, 0.15) is 5.82 Å². The van der Waals surface area contributed by atoms with E-state index in [0.29, 0.717) is 16.5 Å². The fourth-order valence-corrected chi connectivity index (χ4v) is 3.94. The Kier molecular flexibility index (Phi) is 5.17. The molecule has 0 aliphatic heterocycles. The van der Waals surface area contributed by atoms with Gasteiger partial charge in [0.15, 0.2) is 11.0 Å². The molecule has 0 spiro atoms. The molecule has 1 amide bonds. The first kappa shape index (κ1) is 18.7. The van der Waals surface area contributed by atoms with Crippen molar-refractivity contribution in [1.82, 2.24) is 14.8 Å². The lowest BCUT2D eigenvalue weighted by Crippen LogP contribution is -2.23. The largest absolute Gasteiger partial charge is 0.325 e. The topological polar surface area (TPSA) is 59.8 Å². The standard InChI is InChI=1S/C21H21FN4OS/c1-13-6-5-7-15(12-13)23-20(27)14(2)28-21-25-24-19(26(21)16-10-11-16)17-8-3-4-9-18(17)22/h3-9,12,14,16H,10-11H2,1-2H3,(H,23,27)/t14-/m1/s1. The lowest BCUT2D eigenvalue weighted by Gasteiger charge is -2.14. The van der Waals surface area contributed by atoms with Gasteiger partial charge in [0.2, 0.25) is 5.91 Å². The highest BCUT2D eigenvalue weighted by molar-refractivity contribution is 8.00. The SMILES string of the molecule is Cc1cccc(NC(=O)[C@@H](C)Sc2nnc(-c3ccccc3F)n2C2CC2)c1. The van der Waals surface area contributed by atoms with Gasteiger partial charge in [0.05, 0.1) is 10.8 Å². The second-order valence-corrected chi connectivity index (χ2v) is 8.31. The van der Waals surface area contributed by atoms with Crippen molar-refractivity contribution in [3.8, 4) is 11.4 Å². The number of hydrogen-bond donors (Lipinski definition) is 1. The number of amides is 1. The average Bonchev–Trinajstić information content (AvgIpc) is 3.43. The summed E-state index contributed by atoms with van der Waals surface area (Å²) in [5.74, 6) is 0.0985. The second-order valence-electron chi connectivity index (χ2n) is 7.01. The van der Waals surface area contributed by atoms with Gasteiger partial charge in [-0.05, 0) is 56.5 Å². The maximum Gasteiger partial charge on any atom is 0.237 e. The van der Waals surface area contributed by atoms with Gasteiger partial charge in [-0.2, -0.15) is 0 Å². The molecule has 28 heavy (non-hydrogen) atoms. The highest BCUT2D eigenvalue weighted by Crippen LogP contribution is 2.42. The third-order valence-electron chi connectivity index (χ3n) is 4.63. The van der Waals surface area contributed by atoms with Gasteiger partial charge >= 0.3 is 0 Å². The van der Waals surface area contributed by atoms with E-state index in [1.165, 1.54) is 17.8 Å². The predicted octanol–water partition coefficient (Wildman–Crippen LogP) is 4.85. The fourth-order valence-electron chi connectivity index (χ4n) is 3.02. The van der Waals surface area contributed by atoms with Crippen LogP contribution < -0.4 is 5.32 Å². The summed E-state index contributed by atoms with van der Waals surface area (Å²) in [6.07, 6.45) is 2.02. The Bertz CT molecular complexity index is 1020. The van der Waals surface area contributed by atoms with Crippen molar-refractivity contribution in [3.05, 3.63) is 59.9 Å². The molecule has 2 aromatic carbocycles. The summed E-state index contributed by atoms with van der Waals surface area (Å²) in [6.45, 7) is 3.82. The molecule has 1 aromatic heterocycles. The molecule has 1 heterocycles. The van der Waals surface area contributed by atoms with E-state index < -0.39 is 0 Å². The van der Waals surface area contributed by atoms with Crippen LogP contribution in [0, 0.1) is 12.7 Å². The molecular formula is C21H21FN4OS. The molecule has 1 aliphatic rings. The summed E-state index contributed by atoms with van der Waals surface area (Å²) in [7, 11) is 0. The van der Waals surface area contributed by atoms with E-state index in [-0.39, 0.29) is 23.0 Å². The molecule has 0 bridgehead atoms. The summed E-state index contributed by atoms with van der Waals surface area (Å²) >= 11 is 1.35. The molecule has 3 aromatic rings. The van der Waals surface area contributed by atoms with Gasteiger partial charge in [-0.1, -0.05) is 36.0 Å². The van der Waals surface area contributed by atoms with Crippen LogP contribution in [0.2, 0.25) is 0 Å². The van der Waals surface area contributed by atoms with E-state index in [2.05, 4.69) is 15.5 Å². The second kappa shape index (κ2) is 7.75. The number of rotatable bonds is 6. The molecule has 144 valence electrons. The van der Waals surface area contributed by atoms with Crippen LogP contribution in [0.15, 0.2) is 53.7 Å². The van der Waals surface area contributed by atoms with Gasteiger partial charge in [0.25, 0.3) is 0 Å². The first-order valence-corrected chi connectivity index (χ1v) is 10.1. The van der Waals surface area contributed by atoms with Gasteiger partial charge < -0.3 is 5.32 Å². The number of nitrogens with zero attached hydrogens (tertiary/aromatic N) is 3. The monoisotopic (exact) mass is 396 g/mol. The van der Waals surface area contributed by atoms with Crippen LogP contribution in [0.5, 0.6) is 0 Å². The highest BCUT2D eigenvalue weighted by atomic mass is 32.2. The number of carbonyl (C=O) groups excluding carboxylic acids is 1. The Labute approximate surface area is 167 Å². The zero-order valence-electron chi connectivity index (χ0n) is 15.7. The van der Waals surface area contributed by atoms with Crippen LogP contribution in [0.1, 0.15) is 31.4 Å². The number of benzene rings is 2.